The first-order chi connectivity index (χ1) is 9.91. The number of hydrogen-bond donors (Lipinski definition) is 2. The molecular weight excluding hydrogens is 274 g/mol. The summed E-state index contributed by atoms with van der Waals surface area (Å²) < 4.78 is 0. The topological polar surface area (TPSA) is 90.0 Å². The van der Waals surface area contributed by atoms with E-state index in [-0.39, 0.29) is 18.9 Å². The molecule has 1 aliphatic rings. The third-order valence-electron chi connectivity index (χ3n) is 3.37. The fourth-order valence-corrected chi connectivity index (χ4v) is 2.23. The largest absolute Gasteiger partial charge is 0.480 e. The van der Waals surface area contributed by atoms with Crippen LogP contribution in [0.4, 0.5) is 10.5 Å². The van der Waals surface area contributed by atoms with Gasteiger partial charge in [-0.1, -0.05) is 18.2 Å². The summed E-state index contributed by atoms with van der Waals surface area (Å²) in [6.45, 7) is -0.170. The van der Waals surface area contributed by atoms with Crippen LogP contribution in [0, 0.1) is 0 Å². The van der Waals surface area contributed by atoms with Crippen molar-refractivity contribution in [2.75, 3.05) is 25.5 Å². The standard InChI is InChI=1S/C14H17N3O4/c1-16(2)12(18)8-15-14(21)17-10-6-4-3-5-9(10)7-11(17)13(19)20/h3-6,11H,7-8H2,1-2H3,(H,15,21)(H,19,20). The third-order valence-corrected chi connectivity index (χ3v) is 3.37. The van der Waals surface area contributed by atoms with Crippen molar-refractivity contribution in [3.8, 4) is 0 Å². The van der Waals surface area contributed by atoms with Crippen molar-refractivity contribution < 1.29 is 19.5 Å². The zero-order chi connectivity index (χ0) is 15.6. The van der Waals surface area contributed by atoms with Crippen molar-refractivity contribution >= 4 is 23.6 Å². The molecule has 0 aliphatic carbocycles. The molecule has 0 saturated carbocycles. The van der Waals surface area contributed by atoms with Gasteiger partial charge in [0.15, 0.2) is 0 Å². The van der Waals surface area contributed by atoms with Crippen LogP contribution in [0.25, 0.3) is 0 Å². The van der Waals surface area contributed by atoms with E-state index >= 15 is 0 Å². The zero-order valence-corrected chi connectivity index (χ0v) is 11.9. The van der Waals surface area contributed by atoms with E-state index in [1.165, 1.54) is 9.80 Å². The van der Waals surface area contributed by atoms with Crippen LogP contribution in [0.5, 0.6) is 0 Å². The minimum absolute atomic E-state index is 0.170. The molecule has 0 aromatic heterocycles. The summed E-state index contributed by atoms with van der Waals surface area (Å²) >= 11 is 0. The maximum atomic E-state index is 12.2. The number of carbonyl (C=O) groups is 3. The van der Waals surface area contributed by atoms with Crippen molar-refractivity contribution in [1.82, 2.24) is 10.2 Å². The molecule has 7 nitrogen and oxygen atoms in total. The molecule has 1 heterocycles. The number of urea groups is 1. The van der Waals surface area contributed by atoms with Crippen molar-refractivity contribution in [3.63, 3.8) is 0 Å². The van der Waals surface area contributed by atoms with Gasteiger partial charge in [0.05, 0.1) is 6.54 Å². The Bertz CT molecular complexity index is 585. The summed E-state index contributed by atoms with van der Waals surface area (Å²) in [5.74, 6) is -1.33. The average molecular weight is 291 g/mol. The Hall–Kier alpha value is -2.57. The van der Waals surface area contributed by atoms with Gasteiger partial charge in [-0.2, -0.15) is 0 Å². The number of rotatable bonds is 3. The van der Waals surface area contributed by atoms with E-state index in [0.717, 1.165) is 5.56 Å². The second kappa shape index (κ2) is 5.82. The molecule has 7 heteroatoms. The minimum Gasteiger partial charge on any atom is -0.480 e. The van der Waals surface area contributed by atoms with Crippen LogP contribution in [0.2, 0.25) is 0 Å². The quantitative estimate of drug-likeness (QED) is 0.838. The van der Waals surface area contributed by atoms with E-state index in [2.05, 4.69) is 5.32 Å². The van der Waals surface area contributed by atoms with Crippen molar-refractivity contribution in [3.05, 3.63) is 29.8 Å². The highest BCUT2D eigenvalue weighted by atomic mass is 16.4. The first-order valence-electron chi connectivity index (χ1n) is 6.49. The summed E-state index contributed by atoms with van der Waals surface area (Å²) in [7, 11) is 3.17. The molecule has 1 atom stereocenters. The summed E-state index contributed by atoms with van der Waals surface area (Å²) in [6.07, 6.45) is 0.264. The lowest BCUT2D eigenvalue weighted by atomic mass is 10.1. The lowest BCUT2D eigenvalue weighted by Crippen LogP contribution is -2.49. The second-order valence-electron chi connectivity index (χ2n) is 5.00. The van der Waals surface area contributed by atoms with Gasteiger partial charge in [0.2, 0.25) is 5.91 Å². The summed E-state index contributed by atoms with van der Waals surface area (Å²) in [5.41, 5.74) is 1.37. The number of nitrogens with one attached hydrogen (secondary N) is 1. The van der Waals surface area contributed by atoms with Crippen LogP contribution in [-0.2, 0) is 16.0 Å². The molecule has 1 aromatic rings. The van der Waals surface area contributed by atoms with Crippen LogP contribution >= 0.6 is 0 Å². The Balaban J connectivity index is 2.17. The van der Waals surface area contributed by atoms with E-state index in [0.29, 0.717) is 5.69 Å². The third kappa shape index (κ3) is 2.96. The number of nitrogens with zero attached hydrogens (tertiary/aromatic N) is 2. The SMILES string of the molecule is CN(C)C(=O)CNC(=O)N1c2ccccc2CC1C(=O)O. The summed E-state index contributed by atoms with van der Waals surface area (Å²) in [4.78, 5) is 37.6. The van der Waals surface area contributed by atoms with E-state index in [1.807, 2.05) is 0 Å². The Labute approximate surface area is 122 Å². The number of benzene rings is 1. The van der Waals surface area contributed by atoms with E-state index in [1.54, 1.807) is 38.4 Å². The molecule has 21 heavy (non-hydrogen) atoms. The Kier molecular flexibility index (Phi) is 4.11. The van der Waals surface area contributed by atoms with Gasteiger partial charge in [-0.05, 0) is 11.6 Å². The van der Waals surface area contributed by atoms with Gasteiger partial charge in [-0.15, -0.1) is 0 Å². The molecule has 0 saturated heterocycles. The Morgan fingerprint density at radius 3 is 2.62 bits per heavy atom. The number of likely N-dealkylation sites (N-methyl/N-ethyl adjacent to an activating group) is 1. The predicted molar refractivity (Wildman–Crippen MR) is 76.1 cm³/mol. The molecule has 1 aliphatic heterocycles. The number of carboxylic acid groups (broad SMARTS) is 1. The second-order valence-corrected chi connectivity index (χ2v) is 5.00. The van der Waals surface area contributed by atoms with Gasteiger partial charge < -0.3 is 15.3 Å². The van der Waals surface area contributed by atoms with E-state index in [4.69, 9.17) is 0 Å². The van der Waals surface area contributed by atoms with Crippen LogP contribution < -0.4 is 10.2 Å². The maximum Gasteiger partial charge on any atom is 0.327 e. The lowest BCUT2D eigenvalue weighted by Gasteiger charge is -2.23. The number of carbonyl (C=O) groups excluding carboxylic acids is 2. The molecule has 0 fully saturated rings. The highest BCUT2D eigenvalue weighted by molar-refractivity contribution is 6.02. The molecule has 3 amide bonds. The zero-order valence-electron chi connectivity index (χ0n) is 11.9. The van der Waals surface area contributed by atoms with Crippen LogP contribution in [-0.4, -0.2) is 54.6 Å². The summed E-state index contributed by atoms with van der Waals surface area (Å²) in [5, 5.41) is 11.7. The Morgan fingerprint density at radius 1 is 1.33 bits per heavy atom. The molecule has 0 radical (unpaired) electrons. The van der Waals surface area contributed by atoms with Crippen LogP contribution in [0.1, 0.15) is 5.56 Å². The minimum atomic E-state index is -1.07. The highest BCUT2D eigenvalue weighted by Crippen LogP contribution is 2.32. The van der Waals surface area contributed by atoms with Crippen molar-refractivity contribution in [2.24, 2.45) is 0 Å². The molecule has 0 bridgehead atoms. The number of amides is 3. The summed E-state index contributed by atoms with van der Waals surface area (Å²) in [6, 6.07) is 5.51. The van der Waals surface area contributed by atoms with Crippen molar-refractivity contribution in [2.45, 2.75) is 12.5 Å². The van der Waals surface area contributed by atoms with Crippen molar-refractivity contribution in [1.29, 1.82) is 0 Å². The predicted octanol–water partition coefficient (Wildman–Crippen LogP) is 0.300. The molecule has 1 unspecified atom stereocenters. The normalized spacial score (nSPS) is 16.3. The smallest absolute Gasteiger partial charge is 0.327 e. The van der Waals surface area contributed by atoms with E-state index < -0.39 is 18.0 Å². The number of aliphatic carboxylic acids is 1. The molecular formula is C14H17N3O4. The fourth-order valence-electron chi connectivity index (χ4n) is 2.23. The number of carboxylic acids is 1. The van der Waals surface area contributed by atoms with Gasteiger partial charge >= 0.3 is 12.0 Å². The molecule has 2 N–H and O–H groups in total. The average Bonchev–Trinajstić information content (AvgIpc) is 2.83. The van der Waals surface area contributed by atoms with Gasteiger partial charge in [0.25, 0.3) is 0 Å². The lowest BCUT2D eigenvalue weighted by molar-refractivity contribution is -0.138. The van der Waals surface area contributed by atoms with Crippen LogP contribution in [0.3, 0.4) is 0 Å². The Morgan fingerprint density at radius 2 is 2.00 bits per heavy atom. The first kappa shape index (κ1) is 14.8. The monoisotopic (exact) mass is 291 g/mol. The fraction of sp³-hybridized carbons (Fsp3) is 0.357. The molecule has 2 rings (SSSR count). The number of fused-ring (bicyclic) bond motifs is 1. The highest BCUT2D eigenvalue weighted by Gasteiger charge is 2.38. The number of hydrogen-bond acceptors (Lipinski definition) is 3. The van der Waals surface area contributed by atoms with E-state index in [9.17, 15) is 19.5 Å². The molecule has 1 aromatic carbocycles. The number of anilines is 1. The maximum absolute atomic E-state index is 12.2. The first-order valence-corrected chi connectivity index (χ1v) is 6.49. The van der Waals surface area contributed by atoms with Gasteiger partial charge in [-0.3, -0.25) is 9.69 Å². The number of para-hydroxylation sites is 1. The van der Waals surface area contributed by atoms with Gasteiger partial charge in [0, 0.05) is 26.2 Å². The molecule has 112 valence electrons. The van der Waals surface area contributed by atoms with Gasteiger partial charge in [0.1, 0.15) is 6.04 Å². The molecule has 0 spiro atoms. The van der Waals surface area contributed by atoms with Gasteiger partial charge in [-0.25, -0.2) is 9.59 Å². The van der Waals surface area contributed by atoms with Crippen LogP contribution in [0.15, 0.2) is 24.3 Å².